The molecule has 2 aliphatic rings. The number of amides is 3. The number of aryl methyl sites for hydroxylation is 1. The Kier molecular flexibility index (Phi) is 9.77. The van der Waals surface area contributed by atoms with E-state index < -0.39 is 0 Å². The largest absolute Gasteiger partial charge is 0.497 e. The van der Waals surface area contributed by atoms with Crippen molar-refractivity contribution >= 4 is 29.1 Å². The fourth-order valence-corrected chi connectivity index (χ4v) is 5.75. The molecule has 2 aromatic carbocycles. The van der Waals surface area contributed by atoms with Gasteiger partial charge in [0.2, 0.25) is 5.91 Å². The van der Waals surface area contributed by atoms with E-state index in [1.165, 1.54) is 0 Å². The van der Waals surface area contributed by atoms with Crippen LogP contribution in [-0.4, -0.2) is 96.8 Å². The van der Waals surface area contributed by atoms with E-state index in [-0.39, 0.29) is 29.6 Å². The molecule has 0 saturated carbocycles. The highest BCUT2D eigenvalue weighted by molar-refractivity contribution is 6.00. The number of aromatic nitrogens is 2. The molecule has 45 heavy (non-hydrogen) atoms. The maximum absolute atomic E-state index is 13.5. The molecule has 11 heteroatoms. The van der Waals surface area contributed by atoms with Gasteiger partial charge in [0.25, 0.3) is 11.8 Å². The van der Waals surface area contributed by atoms with Gasteiger partial charge in [-0.05, 0) is 54.9 Å². The molecule has 3 amide bonds. The number of nitrogens with one attached hydrogen (secondary N) is 2. The van der Waals surface area contributed by atoms with Gasteiger partial charge in [-0.15, -0.1) is 0 Å². The summed E-state index contributed by atoms with van der Waals surface area (Å²) in [5.74, 6) is 0.467. The van der Waals surface area contributed by atoms with Gasteiger partial charge >= 0.3 is 0 Å². The molecule has 2 aliphatic heterocycles. The van der Waals surface area contributed by atoms with Gasteiger partial charge in [0.1, 0.15) is 11.4 Å². The summed E-state index contributed by atoms with van der Waals surface area (Å²) in [6.45, 7) is 11.5. The van der Waals surface area contributed by atoms with Crippen molar-refractivity contribution in [1.82, 2.24) is 24.9 Å². The molecular formula is C34H45N7O4. The van der Waals surface area contributed by atoms with Gasteiger partial charge < -0.3 is 30.1 Å². The summed E-state index contributed by atoms with van der Waals surface area (Å²) in [6.07, 6.45) is 1.08. The van der Waals surface area contributed by atoms with Crippen molar-refractivity contribution in [2.45, 2.75) is 39.0 Å². The summed E-state index contributed by atoms with van der Waals surface area (Å²) in [6, 6.07) is 14.9. The third kappa shape index (κ3) is 7.65. The molecule has 2 N–H and O–H groups in total. The van der Waals surface area contributed by atoms with Crippen LogP contribution in [0.5, 0.6) is 5.75 Å². The van der Waals surface area contributed by atoms with E-state index in [2.05, 4.69) is 41.4 Å². The number of nitrogens with zero attached hydrogens (tertiary/aromatic N) is 5. The minimum Gasteiger partial charge on any atom is -0.497 e. The van der Waals surface area contributed by atoms with Gasteiger partial charge in [-0.3, -0.25) is 19.1 Å². The normalized spacial score (nSPS) is 15.9. The zero-order chi connectivity index (χ0) is 32.1. The predicted octanol–water partition coefficient (Wildman–Crippen LogP) is 3.31. The Morgan fingerprint density at radius 3 is 2.27 bits per heavy atom. The standard InChI is InChI=1S/C34H45N7O4/c1-34(2,3)30-23-29(38(4)37-30)33(44)41-19-17-39(18-20-41)28-12-9-25(32(43)40-15-6-13-35-14-16-40)22-27(28)36-31(42)21-24-7-10-26(45-5)11-8-24/h7-12,22-23,35H,6,13-21H2,1-5H3,(H,36,42). The van der Waals surface area contributed by atoms with Crippen molar-refractivity contribution in [3.05, 3.63) is 71.0 Å². The molecule has 11 nitrogen and oxygen atoms in total. The lowest BCUT2D eigenvalue weighted by atomic mass is 9.92. The van der Waals surface area contributed by atoms with E-state index in [4.69, 9.17) is 4.74 Å². The molecule has 2 saturated heterocycles. The lowest BCUT2D eigenvalue weighted by Crippen LogP contribution is -2.49. The second kappa shape index (κ2) is 13.7. The number of ether oxygens (including phenoxy) is 1. The predicted molar refractivity (Wildman–Crippen MR) is 175 cm³/mol. The molecule has 1 aromatic heterocycles. The highest BCUT2D eigenvalue weighted by atomic mass is 16.5. The maximum atomic E-state index is 13.5. The van der Waals surface area contributed by atoms with Crippen LogP contribution in [0.4, 0.5) is 11.4 Å². The van der Waals surface area contributed by atoms with Crippen LogP contribution in [0.2, 0.25) is 0 Å². The van der Waals surface area contributed by atoms with Crippen LogP contribution >= 0.6 is 0 Å². The molecule has 2 fully saturated rings. The number of hydrogen-bond acceptors (Lipinski definition) is 7. The van der Waals surface area contributed by atoms with Crippen LogP contribution in [0.3, 0.4) is 0 Å². The van der Waals surface area contributed by atoms with Crippen molar-refractivity contribution < 1.29 is 19.1 Å². The van der Waals surface area contributed by atoms with Gasteiger partial charge in [-0.25, -0.2) is 0 Å². The third-order valence-corrected chi connectivity index (χ3v) is 8.44. The number of carbonyl (C=O) groups excluding carboxylic acids is 3. The SMILES string of the molecule is COc1ccc(CC(=O)Nc2cc(C(=O)N3CCCNCC3)ccc2N2CCN(C(=O)c3cc(C(C)(C)C)nn3C)CC2)cc1. The minimum atomic E-state index is -0.176. The number of hydrogen-bond donors (Lipinski definition) is 2. The zero-order valence-corrected chi connectivity index (χ0v) is 27.1. The van der Waals surface area contributed by atoms with E-state index in [1.54, 1.807) is 17.9 Å². The van der Waals surface area contributed by atoms with Crippen LogP contribution in [0.25, 0.3) is 0 Å². The zero-order valence-electron chi connectivity index (χ0n) is 27.1. The van der Waals surface area contributed by atoms with E-state index in [9.17, 15) is 14.4 Å². The van der Waals surface area contributed by atoms with Crippen molar-refractivity contribution in [3.63, 3.8) is 0 Å². The first-order chi connectivity index (χ1) is 21.5. The summed E-state index contributed by atoms with van der Waals surface area (Å²) >= 11 is 0. The average molecular weight is 616 g/mol. The number of carbonyl (C=O) groups is 3. The average Bonchev–Trinajstić information content (AvgIpc) is 3.23. The highest BCUT2D eigenvalue weighted by Crippen LogP contribution is 2.30. The number of benzene rings is 2. The summed E-state index contributed by atoms with van der Waals surface area (Å²) in [5.41, 5.74) is 4.12. The first-order valence-corrected chi connectivity index (χ1v) is 15.7. The molecule has 0 atom stereocenters. The molecule has 0 radical (unpaired) electrons. The van der Waals surface area contributed by atoms with E-state index in [0.717, 1.165) is 42.2 Å². The quantitative estimate of drug-likeness (QED) is 0.420. The van der Waals surface area contributed by atoms with Crippen LogP contribution in [-0.2, 0) is 23.7 Å². The first-order valence-electron chi connectivity index (χ1n) is 15.7. The van der Waals surface area contributed by atoms with E-state index in [0.29, 0.717) is 56.2 Å². The molecule has 3 aromatic rings. The highest BCUT2D eigenvalue weighted by Gasteiger charge is 2.28. The fourth-order valence-electron chi connectivity index (χ4n) is 5.75. The number of anilines is 2. The summed E-state index contributed by atoms with van der Waals surface area (Å²) < 4.78 is 6.91. The fraction of sp³-hybridized carbons (Fsp3) is 0.471. The molecule has 240 valence electrons. The summed E-state index contributed by atoms with van der Waals surface area (Å²) in [5, 5.41) is 11.0. The van der Waals surface area contributed by atoms with Crippen molar-refractivity contribution in [3.8, 4) is 5.75 Å². The van der Waals surface area contributed by atoms with Crippen LogP contribution < -0.4 is 20.3 Å². The molecule has 0 spiro atoms. The van der Waals surface area contributed by atoms with Crippen LogP contribution in [0.15, 0.2) is 48.5 Å². The number of piperazine rings is 1. The second-order valence-corrected chi connectivity index (χ2v) is 12.8. The smallest absolute Gasteiger partial charge is 0.272 e. The summed E-state index contributed by atoms with van der Waals surface area (Å²) in [7, 11) is 3.42. The molecule has 5 rings (SSSR count). The second-order valence-electron chi connectivity index (χ2n) is 12.8. The Balaban J connectivity index is 1.33. The van der Waals surface area contributed by atoms with Crippen LogP contribution in [0, 0.1) is 0 Å². The van der Waals surface area contributed by atoms with Crippen molar-refractivity contribution in [2.75, 3.05) is 69.7 Å². The van der Waals surface area contributed by atoms with Gasteiger partial charge in [-0.1, -0.05) is 32.9 Å². The monoisotopic (exact) mass is 615 g/mol. The Morgan fingerprint density at radius 1 is 0.889 bits per heavy atom. The lowest BCUT2D eigenvalue weighted by molar-refractivity contribution is -0.115. The minimum absolute atomic E-state index is 0.0407. The van der Waals surface area contributed by atoms with E-state index >= 15 is 0 Å². The summed E-state index contributed by atoms with van der Waals surface area (Å²) in [4.78, 5) is 46.1. The molecule has 3 heterocycles. The molecular weight excluding hydrogens is 570 g/mol. The Morgan fingerprint density at radius 2 is 1.60 bits per heavy atom. The molecule has 0 unspecified atom stereocenters. The van der Waals surface area contributed by atoms with E-state index in [1.807, 2.05) is 59.3 Å². The topological polar surface area (TPSA) is 112 Å². The van der Waals surface area contributed by atoms with Gasteiger partial charge in [0.05, 0.1) is 30.6 Å². The molecule has 0 aliphatic carbocycles. The third-order valence-electron chi connectivity index (χ3n) is 8.44. The van der Waals surface area contributed by atoms with Crippen molar-refractivity contribution in [1.29, 1.82) is 0 Å². The number of rotatable bonds is 7. The Bertz CT molecular complexity index is 1510. The maximum Gasteiger partial charge on any atom is 0.272 e. The molecule has 0 bridgehead atoms. The lowest BCUT2D eigenvalue weighted by Gasteiger charge is -2.37. The van der Waals surface area contributed by atoms with Crippen molar-refractivity contribution in [2.24, 2.45) is 7.05 Å². The Labute approximate surface area is 265 Å². The van der Waals surface area contributed by atoms with Gasteiger partial charge in [0.15, 0.2) is 0 Å². The first kappa shape index (κ1) is 32.0. The van der Waals surface area contributed by atoms with Gasteiger partial charge in [0, 0.05) is 63.8 Å². The van der Waals surface area contributed by atoms with Gasteiger partial charge in [-0.2, -0.15) is 5.10 Å². The Hall–Kier alpha value is -4.38. The van der Waals surface area contributed by atoms with Crippen LogP contribution in [0.1, 0.15) is 59.3 Å². The number of methoxy groups -OCH3 is 1.